The predicted molar refractivity (Wildman–Crippen MR) is 91.4 cm³/mol. The minimum absolute atomic E-state index is 0.0457. The van der Waals surface area contributed by atoms with Gasteiger partial charge in [0.05, 0.1) is 18.8 Å². The van der Waals surface area contributed by atoms with E-state index >= 15 is 0 Å². The van der Waals surface area contributed by atoms with E-state index in [4.69, 9.17) is 15.9 Å². The Kier molecular flexibility index (Phi) is 5.03. The molecule has 1 N–H and O–H groups in total. The van der Waals surface area contributed by atoms with Crippen molar-refractivity contribution in [1.29, 1.82) is 0 Å². The molecule has 1 aliphatic heterocycles. The van der Waals surface area contributed by atoms with Gasteiger partial charge in [-0.3, -0.25) is 9.69 Å². The van der Waals surface area contributed by atoms with Crippen molar-refractivity contribution in [2.24, 2.45) is 0 Å². The molecule has 0 bridgehead atoms. The number of benzene rings is 1. The quantitative estimate of drug-likeness (QED) is 0.864. The highest BCUT2D eigenvalue weighted by Gasteiger charge is 2.30. The zero-order valence-corrected chi connectivity index (χ0v) is 14.4. The molecule has 6 heteroatoms. The number of ether oxygens (including phenoxy) is 2. The van der Waals surface area contributed by atoms with Crippen molar-refractivity contribution in [1.82, 2.24) is 5.32 Å². The molecule has 0 aliphatic carbocycles. The first kappa shape index (κ1) is 17.7. The third-order valence-corrected chi connectivity index (χ3v) is 3.46. The van der Waals surface area contributed by atoms with Gasteiger partial charge in [0.2, 0.25) is 0 Å². The minimum atomic E-state index is -0.643. The van der Waals surface area contributed by atoms with Crippen molar-refractivity contribution in [3.8, 4) is 18.1 Å². The van der Waals surface area contributed by atoms with E-state index in [1.807, 2.05) is 0 Å². The summed E-state index contributed by atoms with van der Waals surface area (Å²) in [5, 5.41) is 2.61. The smallest absolute Gasteiger partial charge is 0.415 e. The molecule has 0 atom stereocenters. The van der Waals surface area contributed by atoms with Crippen LogP contribution in [0.4, 0.5) is 10.5 Å². The number of nitrogens with zero attached hydrogens (tertiary/aromatic N) is 1. The van der Waals surface area contributed by atoms with Crippen LogP contribution in [0.2, 0.25) is 0 Å². The second kappa shape index (κ2) is 6.83. The van der Waals surface area contributed by atoms with Crippen LogP contribution in [-0.2, 0) is 11.2 Å². The molecule has 0 spiro atoms. The summed E-state index contributed by atoms with van der Waals surface area (Å²) in [6, 6.07) is 3.34. The third kappa shape index (κ3) is 3.62. The topological polar surface area (TPSA) is 67.9 Å². The molecule has 2 rings (SSSR count). The Bertz CT molecular complexity index is 698. The largest absolute Gasteiger partial charge is 0.491 e. The maximum absolute atomic E-state index is 12.5. The highest BCUT2D eigenvalue weighted by atomic mass is 16.6. The number of carbonyl (C=O) groups is 2. The third-order valence-electron chi connectivity index (χ3n) is 3.46. The van der Waals surface area contributed by atoms with Gasteiger partial charge >= 0.3 is 6.09 Å². The Morgan fingerprint density at radius 2 is 2.12 bits per heavy atom. The van der Waals surface area contributed by atoms with Crippen molar-refractivity contribution in [3.05, 3.63) is 23.3 Å². The summed E-state index contributed by atoms with van der Waals surface area (Å²) in [5.74, 6) is 2.78. The molecule has 1 aliphatic rings. The fraction of sp³-hybridized carbons (Fsp3) is 0.444. The van der Waals surface area contributed by atoms with Gasteiger partial charge in [0.25, 0.3) is 5.91 Å². The van der Waals surface area contributed by atoms with E-state index in [0.29, 0.717) is 30.0 Å². The second-order valence-electron chi connectivity index (χ2n) is 6.39. The van der Waals surface area contributed by atoms with Crippen molar-refractivity contribution in [3.63, 3.8) is 0 Å². The number of fused-ring (bicyclic) bond motifs is 1. The van der Waals surface area contributed by atoms with Gasteiger partial charge in [-0.15, -0.1) is 6.42 Å². The van der Waals surface area contributed by atoms with E-state index in [1.54, 1.807) is 40.0 Å². The lowest BCUT2D eigenvalue weighted by Crippen LogP contribution is -2.37. The number of hydrogen-bond donors (Lipinski definition) is 1. The Hall–Kier alpha value is -2.68. The number of carbonyl (C=O) groups excluding carboxylic acids is 2. The van der Waals surface area contributed by atoms with Gasteiger partial charge < -0.3 is 14.8 Å². The van der Waals surface area contributed by atoms with Crippen LogP contribution in [0, 0.1) is 12.3 Å². The summed E-state index contributed by atoms with van der Waals surface area (Å²) in [6.07, 6.45) is 5.46. The molecule has 6 nitrogen and oxygen atoms in total. The van der Waals surface area contributed by atoms with Gasteiger partial charge in [-0.2, -0.15) is 0 Å². The fourth-order valence-electron chi connectivity index (χ4n) is 2.50. The fourth-order valence-corrected chi connectivity index (χ4v) is 2.50. The molecule has 24 heavy (non-hydrogen) atoms. The van der Waals surface area contributed by atoms with E-state index in [9.17, 15) is 9.59 Å². The van der Waals surface area contributed by atoms with E-state index in [-0.39, 0.29) is 12.5 Å². The summed E-state index contributed by atoms with van der Waals surface area (Å²) < 4.78 is 11.1. The Morgan fingerprint density at radius 3 is 2.71 bits per heavy atom. The molecule has 0 fully saturated rings. The SMILES string of the molecule is C#CCN(C(=O)OC(C)(C)C)c1ccc(C(=O)NC)c2c1OCC2. The molecule has 0 radical (unpaired) electrons. The number of anilines is 1. The maximum Gasteiger partial charge on any atom is 0.415 e. The van der Waals surface area contributed by atoms with E-state index < -0.39 is 11.7 Å². The Labute approximate surface area is 142 Å². The van der Waals surface area contributed by atoms with Crippen LogP contribution in [0.15, 0.2) is 12.1 Å². The average Bonchev–Trinajstić information content (AvgIpc) is 2.99. The average molecular weight is 330 g/mol. The molecular weight excluding hydrogens is 308 g/mol. The summed E-state index contributed by atoms with van der Waals surface area (Å²) in [5.41, 5.74) is 1.19. The van der Waals surface area contributed by atoms with Crippen molar-refractivity contribution in [2.75, 3.05) is 25.1 Å². The van der Waals surface area contributed by atoms with Crippen LogP contribution in [-0.4, -0.2) is 37.8 Å². The summed E-state index contributed by atoms with van der Waals surface area (Å²) in [6.45, 7) is 5.86. The summed E-state index contributed by atoms with van der Waals surface area (Å²) in [7, 11) is 1.57. The van der Waals surface area contributed by atoms with E-state index in [1.165, 1.54) is 4.90 Å². The molecular formula is C18H22N2O4. The van der Waals surface area contributed by atoms with Gasteiger partial charge in [0, 0.05) is 24.6 Å². The highest BCUT2D eigenvalue weighted by Crippen LogP contribution is 2.39. The van der Waals surface area contributed by atoms with Crippen LogP contribution < -0.4 is 15.0 Å². The van der Waals surface area contributed by atoms with Crippen LogP contribution in [0.1, 0.15) is 36.7 Å². The standard InChI is InChI=1S/C18H22N2O4/c1-6-10-20(17(22)24-18(2,3)4)14-8-7-13(16(21)19-5)12-9-11-23-15(12)14/h1,7-8H,9-11H2,2-5H3,(H,19,21). The number of terminal acetylenes is 1. The minimum Gasteiger partial charge on any atom is -0.491 e. The van der Waals surface area contributed by atoms with Crippen LogP contribution in [0.25, 0.3) is 0 Å². The number of rotatable bonds is 3. The predicted octanol–water partition coefficient (Wildman–Crippen LogP) is 2.36. The lowest BCUT2D eigenvalue weighted by molar-refractivity contribution is 0.0584. The molecule has 1 heterocycles. The zero-order chi connectivity index (χ0) is 17.9. The first-order chi connectivity index (χ1) is 11.3. The van der Waals surface area contributed by atoms with Crippen molar-refractivity contribution in [2.45, 2.75) is 32.8 Å². The summed E-state index contributed by atoms with van der Waals surface area (Å²) >= 11 is 0. The van der Waals surface area contributed by atoms with E-state index in [2.05, 4.69) is 11.2 Å². The maximum atomic E-state index is 12.5. The van der Waals surface area contributed by atoms with Crippen molar-refractivity contribution < 1.29 is 19.1 Å². The van der Waals surface area contributed by atoms with Gasteiger partial charge in [0.1, 0.15) is 11.4 Å². The molecule has 0 saturated carbocycles. The Morgan fingerprint density at radius 1 is 1.42 bits per heavy atom. The molecule has 1 aromatic carbocycles. The van der Waals surface area contributed by atoms with Gasteiger partial charge in [-0.1, -0.05) is 5.92 Å². The van der Waals surface area contributed by atoms with Crippen LogP contribution >= 0.6 is 0 Å². The first-order valence-corrected chi connectivity index (χ1v) is 7.73. The Balaban J connectivity index is 2.45. The number of hydrogen-bond acceptors (Lipinski definition) is 4. The molecule has 128 valence electrons. The first-order valence-electron chi connectivity index (χ1n) is 7.73. The molecule has 2 amide bonds. The van der Waals surface area contributed by atoms with Gasteiger partial charge in [0.15, 0.2) is 0 Å². The molecule has 0 saturated heterocycles. The normalized spacial score (nSPS) is 12.6. The lowest BCUT2D eigenvalue weighted by atomic mass is 10.0. The van der Waals surface area contributed by atoms with Crippen molar-refractivity contribution >= 4 is 17.7 Å². The van der Waals surface area contributed by atoms with Gasteiger partial charge in [-0.05, 0) is 32.9 Å². The molecule has 1 aromatic rings. The number of nitrogens with one attached hydrogen (secondary N) is 1. The summed E-state index contributed by atoms with van der Waals surface area (Å²) in [4.78, 5) is 25.8. The number of amides is 2. The van der Waals surface area contributed by atoms with Crippen LogP contribution in [0.3, 0.4) is 0 Å². The molecule has 0 aromatic heterocycles. The van der Waals surface area contributed by atoms with Crippen LogP contribution in [0.5, 0.6) is 5.75 Å². The van der Waals surface area contributed by atoms with E-state index in [0.717, 1.165) is 5.56 Å². The zero-order valence-electron chi connectivity index (χ0n) is 14.4. The lowest BCUT2D eigenvalue weighted by Gasteiger charge is -2.27. The second-order valence-corrected chi connectivity index (χ2v) is 6.39. The monoisotopic (exact) mass is 330 g/mol. The van der Waals surface area contributed by atoms with Gasteiger partial charge in [-0.25, -0.2) is 4.79 Å². The molecule has 0 unspecified atom stereocenters. The highest BCUT2D eigenvalue weighted by molar-refractivity contribution is 5.99.